The highest BCUT2D eigenvalue weighted by Crippen LogP contribution is 2.24. The Bertz CT molecular complexity index is 624. The molecule has 5 nitrogen and oxygen atoms in total. The molecule has 0 saturated heterocycles. The fraction of sp³-hybridized carbons (Fsp3) is 0.250. The molecule has 110 valence electrons. The minimum atomic E-state index is -0.501. The average molecular weight is 285 g/mol. The Kier molecular flexibility index (Phi) is 4.90. The van der Waals surface area contributed by atoms with E-state index in [-0.39, 0.29) is 0 Å². The highest BCUT2D eigenvalue weighted by Gasteiger charge is 2.05. The van der Waals surface area contributed by atoms with Gasteiger partial charge >= 0.3 is 0 Å². The number of nitrogens with zero attached hydrogens (tertiary/aromatic N) is 1. The summed E-state index contributed by atoms with van der Waals surface area (Å²) in [5.74, 6) is 0.688. The number of carbonyl (C=O) groups is 1. The van der Waals surface area contributed by atoms with E-state index in [1.807, 2.05) is 26.1 Å². The monoisotopic (exact) mass is 285 g/mol. The number of pyridine rings is 1. The topological polar surface area (TPSA) is 77.2 Å². The quantitative estimate of drug-likeness (QED) is 0.851. The second-order valence-corrected chi connectivity index (χ2v) is 4.80. The van der Waals surface area contributed by atoms with Gasteiger partial charge in [-0.3, -0.25) is 4.79 Å². The standard InChI is InChI=1S/C16H19N3O2/c1-11-9-12(7-8-18-2)3-5-14(11)21-15-6-4-13(10-19-15)16(17)20/h3-6,9-10,18H,7-8H2,1-2H3,(H2,17,20). The van der Waals surface area contributed by atoms with Crippen molar-refractivity contribution in [2.75, 3.05) is 13.6 Å². The second-order valence-electron chi connectivity index (χ2n) is 4.80. The lowest BCUT2D eigenvalue weighted by Crippen LogP contribution is -2.11. The van der Waals surface area contributed by atoms with Crippen LogP contribution in [0.25, 0.3) is 0 Å². The van der Waals surface area contributed by atoms with Gasteiger partial charge in [0.15, 0.2) is 0 Å². The van der Waals surface area contributed by atoms with Crippen molar-refractivity contribution in [3.05, 3.63) is 53.2 Å². The first-order valence-corrected chi connectivity index (χ1v) is 6.78. The van der Waals surface area contributed by atoms with Gasteiger partial charge in [0, 0.05) is 12.3 Å². The third-order valence-corrected chi connectivity index (χ3v) is 3.14. The molecule has 0 bridgehead atoms. The summed E-state index contributed by atoms with van der Waals surface area (Å²) in [6.07, 6.45) is 2.39. The van der Waals surface area contributed by atoms with Crippen LogP contribution in [0.2, 0.25) is 0 Å². The zero-order valence-corrected chi connectivity index (χ0v) is 12.2. The molecule has 3 N–H and O–H groups in total. The summed E-state index contributed by atoms with van der Waals surface area (Å²) in [5, 5.41) is 3.13. The van der Waals surface area contributed by atoms with Crippen molar-refractivity contribution in [2.45, 2.75) is 13.3 Å². The van der Waals surface area contributed by atoms with Crippen LogP contribution in [0, 0.1) is 6.92 Å². The van der Waals surface area contributed by atoms with Gasteiger partial charge in [0.2, 0.25) is 11.8 Å². The summed E-state index contributed by atoms with van der Waals surface area (Å²) >= 11 is 0. The van der Waals surface area contributed by atoms with Gasteiger partial charge in [-0.1, -0.05) is 12.1 Å². The summed E-state index contributed by atoms with van der Waals surface area (Å²) in [5.41, 5.74) is 7.84. The van der Waals surface area contributed by atoms with E-state index in [9.17, 15) is 4.79 Å². The van der Waals surface area contributed by atoms with E-state index in [2.05, 4.69) is 16.4 Å². The van der Waals surface area contributed by atoms with Crippen LogP contribution in [0.3, 0.4) is 0 Å². The van der Waals surface area contributed by atoms with Crippen molar-refractivity contribution in [3.63, 3.8) is 0 Å². The molecule has 1 amide bonds. The largest absolute Gasteiger partial charge is 0.439 e. The number of hydrogen-bond acceptors (Lipinski definition) is 4. The van der Waals surface area contributed by atoms with Gasteiger partial charge < -0.3 is 15.8 Å². The van der Waals surface area contributed by atoms with Gasteiger partial charge in [0.1, 0.15) is 5.75 Å². The van der Waals surface area contributed by atoms with Crippen LogP contribution in [0.1, 0.15) is 21.5 Å². The predicted molar refractivity (Wildman–Crippen MR) is 81.6 cm³/mol. The zero-order valence-electron chi connectivity index (χ0n) is 12.2. The van der Waals surface area contributed by atoms with E-state index >= 15 is 0 Å². The van der Waals surface area contributed by atoms with Crippen molar-refractivity contribution in [1.82, 2.24) is 10.3 Å². The molecule has 0 aliphatic carbocycles. The number of aromatic nitrogens is 1. The van der Waals surface area contributed by atoms with Crippen LogP contribution in [-0.4, -0.2) is 24.5 Å². The van der Waals surface area contributed by atoms with Crippen LogP contribution in [0.15, 0.2) is 36.5 Å². The lowest BCUT2D eigenvalue weighted by molar-refractivity contribution is 0.1000. The molecule has 1 aromatic carbocycles. The molecule has 0 unspecified atom stereocenters. The number of primary amides is 1. The lowest BCUT2D eigenvalue weighted by atomic mass is 10.1. The number of ether oxygens (including phenoxy) is 1. The maximum Gasteiger partial charge on any atom is 0.250 e. The smallest absolute Gasteiger partial charge is 0.250 e. The molecule has 0 radical (unpaired) electrons. The van der Waals surface area contributed by atoms with Crippen LogP contribution in [-0.2, 0) is 6.42 Å². The summed E-state index contributed by atoms with van der Waals surface area (Å²) < 4.78 is 5.72. The molecule has 0 aliphatic rings. The Morgan fingerprint density at radius 3 is 2.71 bits per heavy atom. The summed E-state index contributed by atoms with van der Waals surface area (Å²) in [4.78, 5) is 15.1. The van der Waals surface area contributed by atoms with Gasteiger partial charge in [-0.15, -0.1) is 0 Å². The van der Waals surface area contributed by atoms with E-state index in [0.717, 1.165) is 24.3 Å². The van der Waals surface area contributed by atoms with E-state index in [1.54, 1.807) is 12.1 Å². The first kappa shape index (κ1) is 15.0. The maximum absolute atomic E-state index is 11.0. The molecule has 0 atom stereocenters. The van der Waals surface area contributed by atoms with Gasteiger partial charge in [0.05, 0.1) is 5.56 Å². The molecule has 21 heavy (non-hydrogen) atoms. The number of nitrogens with one attached hydrogen (secondary N) is 1. The van der Waals surface area contributed by atoms with Crippen molar-refractivity contribution in [1.29, 1.82) is 0 Å². The number of rotatable bonds is 6. The van der Waals surface area contributed by atoms with Crippen LogP contribution in [0.5, 0.6) is 11.6 Å². The predicted octanol–water partition coefficient (Wildman–Crippen LogP) is 2.04. The normalized spacial score (nSPS) is 10.4. The van der Waals surface area contributed by atoms with E-state index in [1.165, 1.54) is 11.8 Å². The fourth-order valence-electron chi connectivity index (χ4n) is 1.95. The molecular weight excluding hydrogens is 266 g/mol. The van der Waals surface area contributed by atoms with E-state index in [4.69, 9.17) is 10.5 Å². The molecule has 5 heteroatoms. The lowest BCUT2D eigenvalue weighted by Gasteiger charge is -2.10. The zero-order chi connectivity index (χ0) is 15.2. The Morgan fingerprint density at radius 2 is 2.14 bits per heavy atom. The Balaban J connectivity index is 2.10. The number of benzene rings is 1. The first-order chi connectivity index (χ1) is 10.1. The number of hydrogen-bond donors (Lipinski definition) is 2. The van der Waals surface area contributed by atoms with Gasteiger partial charge in [0.25, 0.3) is 0 Å². The molecule has 2 aromatic rings. The number of likely N-dealkylation sites (N-methyl/N-ethyl adjacent to an activating group) is 1. The number of carbonyl (C=O) groups excluding carboxylic acids is 1. The Hall–Kier alpha value is -2.40. The van der Waals surface area contributed by atoms with Crippen molar-refractivity contribution in [2.24, 2.45) is 5.73 Å². The second kappa shape index (κ2) is 6.85. The highest BCUT2D eigenvalue weighted by molar-refractivity contribution is 5.92. The van der Waals surface area contributed by atoms with E-state index in [0.29, 0.717) is 11.4 Å². The first-order valence-electron chi connectivity index (χ1n) is 6.78. The van der Waals surface area contributed by atoms with Crippen LogP contribution < -0.4 is 15.8 Å². The SMILES string of the molecule is CNCCc1ccc(Oc2ccc(C(N)=O)cn2)c(C)c1. The summed E-state index contributed by atoms with van der Waals surface area (Å²) in [7, 11) is 1.94. The van der Waals surface area contributed by atoms with Crippen LogP contribution in [0.4, 0.5) is 0 Å². The third kappa shape index (κ3) is 4.03. The van der Waals surface area contributed by atoms with E-state index < -0.39 is 5.91 Å². The molecular formula is C16H19N3O2. The maximum atomic E-state index is 11.0. The number of amides is 1. The summed E-state index contributed by atoms with van der Waals surface area (Å²) in [6, 6.07) is 9.31. The molecule has 1 aromatic heterocycles. The number of nitrogens with two attached hydrogens (primary N) is 1. The minimum Gasteiger partial charge on any atom is -0.439 e. The Labute approximate surface area is 124 Å². The van der Waals surface area contributed by atoms with Crippen LogP contribution >= 0.6 is 0 Å². The average Bonchev–Trinajstić information content (AvgIpc) is 2.48. The van der Waals surface area contributed by atoms with Gasteiger partial charge in [-0.25, -0.2) is 4.98 Å². The summed E-state index contributed by atoms with van der Waals surface area (Å²) in [6.45, 7) is 2.94. The van der Waals surface area contributed by atoms with Gasteiger partial charge in [-0.2, -0.15) is 0 Å². The molecule has 0 spiro atoms. The molecule has 1 heterocycles. The van der Waals surface area contributed by atoms with Crippen molar-refractivity contribution >= 4 is 5.91 Å². The Morgan fingerprint density at radius 1 is 1.33 bits per heavy atom. The minimum absolute atomic E-state index is 0.362. The fourth-order valence-corrected chi connectivity index (χ4v) is 1.95. The molecule has 0 saturated carbocycles. The van der Waals surface area contributed by atoms with Gasteiger partial charge in [-0.05, 0) is 50.2 Å². The molecule has 0 fully saturated rings. The molecule has 2 rings (SSSR count). The van der Waals surface area contributed by atoms with Crippen molar-refractivity contribution in [3.8, 4) is 11.6 Å². The third-order valence-electron chi connectivity index (χ3n) is 3.14. The number of aryl methyl sites for hydroxylation is 1. The highest BCUT2D eigenvalue weighted by atomic mass is 16.5. The van der Waals surface area contributed by atoms with Crippen molar-refractivity contribution < 1.29 is 9.53 Å². The molecule has 0 aliphatic heterocycles.